The highest BCUT2D eigenvalue weighted by molar-refractivity contribution is 5.97. The number of carbonyl (C=O) groups excluding carboxylic acids is 1. The van der Waals surface area contributed by atoms with E-state index in [1.54, 1.807) is 0 Å². The monoisotopic (exact) mass is 298 g/mol. The van der Waals surface area contributed by atoms with Gasteiger partial charge in [0.05, 0.1) is 6.07 Å². The zero-order chi connectivity index (χ0) is 15.5. The summed E-state index contributed by atoms with van der Waals surface area (Å²) in [5.74, 6) is -0.775. The number of nitrogens with one attached hydrogen (secondary N) is 1. The molecular formula is C14H13F3N2O2. The number of nitrogens with zero attached hydrogens (tertiary/aromatic N) is 1. The first-order valence-corrected chi connectivity index (χ1v) is 6.43. The summed E-state index contributed by atoms with van der Waals surface area (Å²) in [6.45, 7) is 0. The van der Waals surface area contributed by atoms with Crippen LogP contribution in [-0.4, -0.2) is 12.3 Å². The maximum absolute atomic E-state index is 12.1. The Balaban J connectivity index is 2.04. The summed E-state index contributed by atoms with van der Waals surface area (Å²) < 4.78 is 39.8. The van der Waals surface area contributed by atoms with Crippen molar-refractivity contribution in [1.29, 1.82) is 5.26 Å². The number of halogens is 3. The summed E-state index contributed by atoms with van der Waals surface area (Å²) in [5.41, 5.74) is -0.697. The van der Waals surface area contributed by atoms with E-state index in [4.69, 9.17) is 0 Å². The number of anilines is 1. The van der Waals surface area contributed by atoms with E-state index in [9.17, 15) is 23.2 Å². The average Bonchev–Trinajstić information content (AvgIpc) is 2.89. The highest BCUT2D eigenvalue weighted by Crippen LogP contribution is 2.38. The molecule has 0 bridgehead atoms. The van der Waals surface area contributed by atoms with Crippen LogP contribution in [0.3, 0.4) is 0 Å². The molecule has 1 N–H and O–H groups in total. The first kappa shape index (κ1) is 15.2. The molecule has 1 aliphatic carbocycles. The van der Waals surface area contributed by atoms with Crippen molar-refractivity contribution in [2.75, 3.05) is 5.32 Å². The molecule has 0 saturated heterocycles. The number of nitriles is 1. The summed E-state index contributed by atoms with van der Waals surface area (Å²) in [6.07, 6.45) is -2.10. The van der Waals surface area contributed by atoms with Crippen molar-refractivity contribution in [3.05, 3.63) is 24.3 Å². The number of benzene rings is 1. The fourth-order valence-corrected chi connectivity index (χ4v) is 2.36. The Hall–Kier alpha value is -2.23. The Kier molecular flexibility index (Phi) is 4.07. The van der Waals surface area contributed by atoms with E-state index in [2.05, 4.69) is 16.1 Å². The second-order valence-corrected chi connectivity index (χ2v) is 4.93. The molecule has 1 aromatic rings. The van der Waals surface area contributed by atoms with Gasteiger partial charge < -0.3 is 10.1 Å². The number of rotatable bonds is 3. The van der Waals surface area contributed by atoms with E-state index in [1.807, 2.05) is 0 Å². The van der Waals surface area contributed by atoms with Gasteiger partial charge in [0, 0.05) is 5.69 Å². The lowest BCUT2D eigenvalue weighted by molar-refractivity contribution is -0.274. The molecule has 1 saturated carbocycles. The minimum Gasteiger partial charge on any atom is -0.406 e. The molecule has 112 valence electrons. The first-order valence-electron chi connectivity index (χ1n) is 6.43. The molecule has 0 aliphatic heterocycles. The van der Waals surface area contributed by atoms with E-state index in [1.165, 1.54) is 12.1 Å². The number of amides is 1. The van der Waals surface area contributed by atoms with E-state index < -0.39 is 17.7 Å². The zero-order valence-corrected chi connectivity index (χ0v) is 11.0. The van der Waals surface area contributed by atoms with Gasteiger partial charge in [0.15, 0.2) is 0 Å². The third-order valence-electron chi connectivity index (χ3n) is 3.45. The van der Waals surface area contributed by atoms with Crippen LogP contribution in [-0.2, 0) is 4.79 Å². The fourth-order valence-electron chi connectivity index (χ4n) is 2.36. The van der Waals surface area contributed by atoms with Crippen molar-refractivity contribution in [2.45, 2.75) is 32.0 Å². The molecule has 0 aromatic heterocycles. The molecule has 0 heterocycles. The summed E-state index contributed by atoms with van der Waals surface area (Å²) in [4.78, 5) is 12.1. The minimum atomic E-state index is -4.75. The van der Waals surface area contributed by atoms with Crippen molar-refractivity contribution in [2.24, 2.45) is 5.41 Å². The third-order valence-corrected chi connectivity index (χ3v) is 3.45. The van der Waals surface area contributed by atoms with Crippen LogP contribution in [0, 0.1) is 16.7 Å². The van der Waals surface area contributed by atoms with Gasteiger partial charge in [-0.05, 0) is 37.1 Å². The van der Waals surface area contributed by atoms with Crippen LogP contribution in [0.2, 0.25) is 0 Å². The highest BCUT2D eigenvalue weighted by Gasteiger charge is 2.41. The van der Waals surface area contributed by atoms with Crippen molar-refractivity contribution in [3.63, 3.8) is 0 Å². The summed E-state index contributed by atoms with van der Waals surface area (Å²) in [6, 6.07) is 6.88. The van der Waals surface area contributed by atoms with Crippen LogP contribution < -0.4 is 10.1 Å². The number of hydrogen-bond acceptors (Lipinski definition) is 3. The van der Waals surface area contributed by atoms with E-state index in [-0.39, 0.29) is 5.75 Å². The lowest BCUT2D eigenvalue weighted by Crippen LogP contribution is -2.32. The molecule has 4 nitrogen and oxygen atoms in total. The van der Waals surface area contributed by atoms with Gasteiger partial charge in [-0.2, -0.15) is 5.26 Å². The molecule has 1 aliphatic rings. The number of ether oxygens (including phenoxy) is 1. The molecule has 0 spiro atoms. The molecule has 1 fully saturated rings. The quantitative estimate of drug-likeness (QED) is 0.927. The molecule has 2 rings (SSSR count). The Morgan fingerprint density at radius 1 is 1.24 bits per heavy atom. The predicted molar refractivity (Wildman–Crippen MR) is 68.3 cm³/mol. The second kappa shape index (κ2) is 5.64. The van der Waals surface area contributed by atoms with E-state index in [0.717, 1.165) is 25.0 Å². The fraction of sp³-hybridized carbons (Fsp3) is 0.429. The molecule has 0 unspecified atom stereocenters. The van der Waals surface area contributed by atoms with Gasteiger partial charge in [0.25, 0.3) is 0 Å². The number of carbonyl (C=O) groups is 1. The Morgan fingerprint density at radius 3 is 2.29 bits per heavy atom. The maximum Gasteiger partial charge on any atom is 0.573 e. The molecule has 1 aromatic carbocycles. The van der Waals surface area contributed by atoms with Crippen LogP contribution in [0.1, 0.15) is 25.7 Å². The highest BCUT2D eigenvalue weighted by atomic mass is 19.4. The number of alkyl halides is 3. The van der Waals surface area contributed by atoms with Crippen LogP contribution >= 0.6 is 0 Å². The second-order valence-electron chi connectivity index (χ2n) is 4.93. The normalized spacial score (nSPS) is 17.0. The lowest BCUT2D eigenvalue weighted by atomic mass is 9.87. The van der Waals surface area contributed by atoms with E-state index in [0.29, 0.717) is 18.5 Å². The van der Waals surface area contributed by atoms with Crippen LogP contribution in [0.4, 0.5) is 18.9 Å². The lowest BCUT2D eigenvalue weighted by Gasteiger charge is -2.19. The standard InChI is InChI=1S/C14H13F3N2O2/c15-14(16,17)21-11-5-3-10(4-6-11)19-12(20)13(9-18)7-1-2-8-13/h3-6H,1-2,7-8H2,(H,19,20). The van der Waals surface area contributed by atoms with Crippen LogP contribution in [0.25, 0.3) is 0 Å². The third kappa shape index (κ3) is 3.66. The molecule has 21 heavy (non-hydrogen) atoms. The Labute approximate surface area is 119 Å². The van der Waals surface area contributed by atoms with Gasteiger partial charge in [-0.3, -0.25) is 4.79 Å². The molecule has 0 atom stereocenters. The predicted octanol–water partition coefficient (Wildman–Crippen LogP) is 3.61. The molecule has 7 heteroatoms. The van der Waals surface area contributed by atoms with Gasteiger partial charge in [-0.15, -0.1) is 13.2 Å². The topological polar surface area (TPSA) is 62.1 Å². The van der Waals surface area contributed by atoms with Crippen LogP contribution in [0.5, 0.6) is 5.75 Å². The smallest absolute Gasteiger partial charge is 0.406 e. The van der Waals surface area contributed by atoms with Crippen molar-refractivity contribution < 1.29 is 22.7 Å². The first-order chi connectivity index (χ1) is 9.85. The van der Waals surface area contributed by atoms with Gasteiger partial charge in [-0.1, -0.05) is 12.8 Å². The van der Waals surface area contributed by atoms with Gasteiger partial charge in [0.1, 0.15) is 11.2 Å². The van der Waals surface area contributed by atoms with Gasteiger partial charge >= 0.3 is 6.36 Å². The van der Waals surface area contributed by atoms with Crippen molar-refractivity contribution in [3.8, 4) is 11.8 Å². The zero-order valence-electron chi connectivity index (χ0n) is 11.0. The molecular weight excluding hydrogens is 285 g/mol. The Morgan fingerprint density at radius 2 is 1.81 bits per heavy atom. The average molecular weight is 298 g/mol. The van der Waals surface area contributed by atoms with Gasteiger partial charge in [-0.25, -0.2) is 0 Å². The van der Waals surface area contributed by atoms with Gasteiger partial charge in [0.2, 0.25) is 5.91 Å². The molecule has 0 radical (unpaired) electrons. The molecule has 1 amide bonds. The summed E-state index contributed by atoms with van der Waals surface area (Å²) in [7, 11) is 0. The summed E-state index contributed by atoms with van der Waals surface area (Å²) >= 11 is 0. The van der Waals surface area contributed by atoms with E-state index >= 15 is 0 Å². The SMILES string of the molecule is N#CC1(C(=O)Nc2ccc(OC(F)(F)F)cc2)CCCC1. The van der Waals surface area contributed by atoms with Crippen molar-refractivity contribution in [1.82, 2.24) is 0 Å². The summed E-state index contributed by atoms with van der Waals surface area (Å²) in [5, 5.41) is 11.7. The largest absolute Gasteiger partial charge is 0.573 e. The van der Waals surface area contributed by atoms with Crippen molar-refractivity contribution >= 4 is 11.6 Å². The van der Waals surface area contributed by atoms with Crippen LogP contribution in [0.15, 0.2) is 24.3 Å². The maximum atomic E-state index is 12.1. The number of hydrogen-bond donors (Lipinski definition) is 1. The Bertz CT molecular complexity index is 555. The minimum absolute atomic E-state index is 0.330.